The highest BCUT2D eigenvalue weighted by Gasteiger charge is 2.23. The molecule has 1 aromatic carbocycles. The van der Waals surface area contributed by atoms with Crippen LogP contribution in [0, 0.1) is 20.8 Å². The van der Waals surface area contributed by atoms with Crippen LogP contribution in [0.1, 0.15) is 41.0 Å². The van der Waals surface area contributed by atoms with Gasteiger partial charge in [-0.15, -0.1) is 0 Å². The van der Waals surface area contributed by atoms with E-state index in [2.05, 4.69) is 64.9 Å². The molecule has 1 fully saturated rings. The molecule has 6 nitrogen and oxygen atoms in total. The Labute approximate surface area is 195 Å². The lowest BCUT2D eigenvalue weighted by Crippen LogP contribution is -2.31. The second-order valence-electron chi connectivity index (χ2n) is 8.57. The first-order valence-electron chi connectivity index (χ1n) is 11.6. The molecule has 170 valence electrons. The number of benzene rings is 1. The molecule has 2 aromatic heterocycles. The van der Waals surface area contributed by atoms with Gasteiger partial charge in [0, 0.05) is 54.3 Å². The van der Waals surface area contributed by atoms with E-state index in [4.69, 9.17) is 9.97 Å². The fourth-order valence-corrected chi connectivity index (χ4v) is 5.08. The molecule has 4 rings (SSSR count). The lowest BCUT2D eigenvalue weighted by atomic mass is 10.0. The molecule has 0 bridgehead atoms. The molecule has 32 heavy (non-hydrogen) atoms. The number of nitrogens with one attached hydrogen (secondary N) is 2. The number of nitrogens with zero attached hydrogens (tertiary/aromatic N) is 4. The van der Waals surface area contributed by atoms with Gasteiger partial charge in [0.2, 0.25) is 0 Å². The van der Waals surface area contributed by atoms with Crippen LogP contribution in [0.5, 0.6) is 0 Å². The van der Waals surface area contributed by atoms with Crippen molar-refractivity contribution in [3.05, 3.63) is 46.0 Å². The number of aromatic nitrogens is 3. The lowest BCUT2D eigenvalue weighted by molar-refractivity contribution is 0.572. The second-order valence-corrected chi connectivity index (χ2v) is 9.55. The largest absolute Gasteiger partial charge is 0.356 e. The summed E-state index contributed by atoms with van der Waals surface area (Å²) in [5.41, 5.74) is 6.71. The smallest absolute Gasteiger partial charge is 0.162 e. The van der Waals surface area contributed by atoms with Crippen LogP contribution >= 0.6 is 11.5 Å². The van der Waals surface area contributed by atoms with Crippen LogP contribution in [-0.2, 0) is 6.54 Å². The average molecular weight is 451 g/mol. The number of rotatable bonds is 8. The Morgan fingerprint density at radius 1 is 1.03 bits per heavy atom. The van der Waals surface area contributed by atoms with Crippen molar-refractivity contribution in [2.24, 2.45) is 0 Å². The van der Waals surface area contributed by atoms with Gasteiger partial charge in [-0.1, -0.05) is 18.2 Å². The molecule has 3 aromatic rings. The Balaban J connectivity index is 1.76. The zero-order valence-electron chi connectivity index (χ0n) is 19.7. The van der Waals surface area contributed by atoms with E-state index >= 15 is 0 Å². The Morgan fingerprint density at radius 2 is 1.84 bits per heavy atom. The van der Waals surface area contributed by atoms with E-state index in [1.807, 2.05) is 7.05 Å². The van der Waals surface area contributed by atoms with E-state index in [1.165, 1.54) is 35.3 Å². The van der Waals surface area contributed by atoms with Crippen molar-refractivity contribution in [3.63, 3.8) is 0 Å². The summed E-state index contributed by atoms with van der Waals surface area (Å²) in [7, 11) is 1.97. The minimum absolute atomic E-state index is 0.799. The first-order chi connectivity index (χ1) is 15.6. The van der Waals surface area contributed by atoms with Gasteiger partial charge >= 0.3 is 0 Å². The maximum absolute atomic E-state index is 5.11. The van der Waals surface area contributed by atoms with Gasteiger partial charge in [-0.2, -0.15) is 4.37 Å². The van der Waals surface area contributed by atoms with Gasteiger partial charge in [0.15, 0.2) is 5.82 Å². The second kappa shape index (κ2) is 10.5. The van der Waals surface area contributed by atoms with Crippen molar-refractivity contribution in [1.82, 2.24) is 25.0 Å². The number of aryl methyl sites for hydroxylation is 2. The highest BCUT2D eigenvalue weighted by Crippen LogP contribution is 2.36. The molecule has 0 unspecified atom stereocenters. The van der Waals surface area contributed by atoms with E-state index in [0.29, 0.717) is 0 Å². The number of anilines is 1. The highest BCUT2D eigenvalue weighted by atomic mass is 32.1. The number of likely N-dealkylation sites (N-methyl/N-ethyl adjacent to an activating group) is 1. The van der Waals surface area contributed by atoms with Gasteiger partial charge in [0.1, 0.15) is 5.82 Å². The van der Waals surface area contributed by atoms with Gasteiger partial charge in [0.25, 0.3) is 0 Å². The number of hydrogen-bond donors (Lipinski definition) is 2. The summed E-state index contributed by atoms with van der Waals surface area (Å²) in [5, 5.41) is 6.65. The van der Waals surface area contributed by atoms with E-state index in [0.717, 1.165) is 66.9 Å². The van der Waals surface area contributed by atoms with Crippen LogP contribution in [0.4, 0.5) is 5.82 Å². The summed E-state index contributed by atoms with van der Waals surface area (Å²) in [4.78, 5) is 13.9. The van der Waals surface area contributed by atoms with E-state index in [-0.39, 0.29) is 0 Å². The summed E-state index contributed by atoms with van der Waals surface area (Å²) in [6.07, 6.45) is 3.75. The van der Waals surface area contributed by atoms with Crippen molar-refractivity contribution in [2.75, 3.05) is 38.1 Å². The SMILES string of the molecule is CNCCNCc1cccc(-c2nc(-c3c(C)nsc3C)c(C)c(N3CCCCC3)n2)c1. The topological polar surface area (TPSA) is 66.0 Å². The van der Waals surface area contributed by atoms with Crippen LogP contribution in [0.25, 0.3) is 22.6 Å². The van der Waals surface area contributed by atoms with Gasteiger partial charge in [-0.3, -0.25) is 0 Å². The summed E-state index contributed by atoms with van der Waals surface area (Å²) in [6, 6.07) is 8.60. The van der Waals surface area contributed by atoms with Gasteiger partial charge in [-0.05, 0) is 70.2 Å². The molecule has 0 radical (unpaired) electrons. The first kappa shape index (κ1) is 22.8. The quantitative estimate of drug-likeness (QED) is 0.493. The molecule has 0 saturated carbocycles. The van der Waals surface area contributed by atoms with Gasteiger partial charge in [0.05, 0.1) is 11.4 Å². The van der Waals surface area contributed by atoms with Crippen molar-refractivity contribution in [1.29, 1.82) is 0 Å². The Kier molecular flexibility index (Phi) is 7.50. The average Bonchev–Trinajstić information content (AvgIpc) is 3.15. The first-order valence-corrected chi connectivity index (χ1v) is 12.4. The molecule has 0 spiro atoms. The summed E-state index contributed by atoms with van der Waals surface area (Å²) in [6.45, 7) is 11.2. The molecule has 2 N–H and O–H groups in total. The summed E-state index contributed by atoms with van der Waals surface area (Å²) < 4.78 is 4.60. The summed E-state index contributed by atoms with van der Waals surface area (Å²) >= 11 is 1.56. The third-order valence-electron chi connectivity index (χ3n) is 6.11. The predicted octanol–water partition coefficient (Wildman–Crippen LogP) is 4.49. The van der Waals surface area contributed by atoms with E-state index in [1.54, 1.807) is 11.5 Å². The lowest BCUT2D eigenvalue weighted by Gasteiger charge is -2.30. The van der Waals surface area contributed by atoms with Gasteiger partial charge < -0.3 is 15.5 Å². The maximum atomic E-state index is 5.11. The van der Waals surface area contributed by atoms with Crippen LogP contribution in [-0.4, -0.2) is 47.6 Å². The molecule has 3 heterocycles. The zero-order valence-corrected chi connectivity index (χ0v) is 20.5. The fourth-order valence-electron chi connectivity index (χ4n) is 4.38. The van der Waals surface area contributed by atoms with E-state index in [9.17, 15) is 0 Å². The summed E-state index contributed by atoms with van der Waals surface area (Å²) in [5.74, 6) is 1.88. The molecular weight excluding hydrogens is 416 g/mol. The Hall–Kier alpha value is -2.35. The Morgan fingerprint density at radius 3 is 2.56 bits per heavy atom. The third-order valence-corrected chi connectivity index (χ3v) is 6.96. The zero-order chi connectivity index (χ0) is 22.5. The van der Waals surface area contributed by atoms with Gasteiger partial charge in [-0.25, -0.2) is 9.97 Å². The normalized spacial score (nSPS) is 14.2. The molecule has 0 amide bonds. The van der Waals surface area contributed by atoms with Crippen molar-refractivity contribution < 1.29 is 0 Å². The molecule has 0 atom stereocenters. The van der Waals surface area contributed by atoms with E-state index < -0.39 is 0 Å². The highest BCUT2D eigenvalue weighted by molar-refractivity contribution is 7.06. The maximum Gasteiger partial charge on any atom is 0.162 e. The van der Waals surface area contributed by atoms with Crippen LogP contribution in [0.3, 0.4) is 0 Å². The molecule has 1 aliphatic heterocycles. The monoisotopic (exact) mass is 450 g/mol. The molecule has 0 aliphatic carbocycles. The Bertz CT molecular complexity index is 1040. The van der Waals surface area contributed by atoms with Crippen molar-refractivity contribution in [2.45, 2.75) is 46.6 Å². The minimum Gasteiger partial charge on any atom is -0.356 e. The van der Waals surface area contributed by atoms with Crippen LogP contribution < -0.4 is 15.5 Å². The number of piperidine rings is 1. The molecular formula is C25H34N6S. The fraction of sp³-hybridized carbons (Fsp3) is 0.480. The van der Waals surface area contributed by atoms with Crippen LogP contribution in [0.2, 0.25) is 0 Å². The van der Waals surface area contributed by atoms with Crippen molar-refractivity contribution >= 4 is 17.4 Å². The molecule has 1 aliphatic rings. The van der Waals surface area contributed by atoms with Crippen LogP contribution in [0.15, 0.2) is 24.3 Å². The number of hydrogen-bond acceptors (Lipinski definition) is 7. The van der Waals surface area contributed by atoms with Crippen molar-refractivity contribution in [3.8, 4) is 22.6 Å². The standard InChI is InChI=1S/C25H34N6S/c1-17-23(22-18(2)30-32-19(22)3)28-24(29-25(17)31-13-6-5-7-14-31)21-10-8-9-20(15-21)16-27-12-11-26-4/h8-10,15,26-27H,5-7,11-14,16H2,1-4H3. The third kappa shape index (κ3) is 5.00. The minimum atomic E-state index is 0.799. The predicted molar refractivity (Wildman–Crippen MR) is 134 cm³/mol. The molecule has 7 heteroatoms. The molecule has 1 saturated heterocycles.